The molecule has 2 N–H and O–H groups in total. The van der Waals surface area contributed by atoms with Gasteiger partial charge in [0, 0.05) is 11.3 Å². The molecule has 0 fully saturated rings. The van der Waals surface area contributed by atoms with E-state index in [2.05, 4.69) is 15.8 Å². The van der Waals surface area contributed by atoms with Crippen molar-refractivity contribution in [2.45, 2.75) is 0 Å². The molecule has 3 aromatic carbocycles. The van der Waals surface area contributed by atoms with Crippen LogP contribution in [0.1, 0.15) is 5.56 Å². The predicted molar refractivity (Wildman–Crippen MR) is 101 cm³/mol. The summed E-state index contributed by atoms with van der Waals surface area (Å²) in [6.45, 7) is 0. The first-order chi connectivity index (χ1) is 12.7. The highest BCUT2D eigenvalue weighted by Gasteiger charge is 2.12. The molecule has 0 radical (unpaired) electrons. The van der Waals surface area contributed by atoms with Crippen LogP contribution in [0.15, 0.2) is 71.8 Å². The predicted octanol–water partition coefficient (Wildman–Crippen LogP) is 2.94. The normalized spacial score (nSPS) is 10.7. The number of rotatable bonds is 4. The van der Waals surface area contributed by atoms with Crippen LogP contribution in [0.5, 0.6) is 5.75 Å². The van der Waals surface area contributed by atoms with Gasteiger partial charge in [-0.25, -0.2) is 5.43 Å². The molecule has 6 nitrogen and oxygen atoms in total. The molecule has 0 aliphatic heterocycles. The van der Waals surface area contributed by atoms with Crippen molar-refractivity contribution in [3.63, 3.8) is 0 Å². The standard InChI is InChI=1S/C20H17N3O3/c1-26-17-11-9-16(10-12-17)22-19(24)20(25)23-21-13-15-7-4-6-14-5-2-3-8-18(14)15/h2-13H,1H3,(H,22,24)(H,23,25)/b21-13-. The summed E-state index contributed by atoms with van der Waals surface area (Å²) in [5.74, 6) is -0.991. The Labute approximate surface area is 150 Å². The van der Waals surface area contributed by atoms with E-state index in [4.69, 9.17) is 4.74 Å². The van der Waals surface area contributed by atoms with Crippen LogP contribution in [-0.2, 0) is 9.59 Å². The number of carbonyl (C=O) groups excluding carboxylic acids is 2. The first kappa shape index (κ1) is 17.2. The first-order valence-electron chi connectivity index (χ1n) is 7.93. The van der Waals surface area contributed by atoms with Crippen molar-refractivity contribution in [1.82, 2.24) is 5.43 Å². The van der Waals surface area contributed by atoms with Gasteiger partial charge in [0.25, 0.3) is 0 Å². The van der Waals surface area contributed by atoms with Gasteiger partial charge < -0.3 is 10.1 Å². The number of nitrogens with zero attached hydrogens (tertiary/aromatic N) is 1. The van der Waals surface area contributed by atoms with Gasteiger partial charge >= 0.3 is 11.8 Å². The number of benzene rings is 3. The Morgan fingerprint density at radius 3 is 2.42 bits per heavy atom. The Kier molecular flexibility index (Phi) is 5.24. The lowest BCUT2D eigenvalue weighted by Crippen LogP contribution is -2.32. The maximum Gasteiger partial charge on any atom is 0.329 e. The number of hydrogen-bond donors (Lipinski definition) is 2. The molecular weight excluding hydrogens is 330 g/mol. The van der Waals surface area contributed by atoms with E-state index in [-0.39, 0.29) is 0 Å². The average molecular weight is 347 g/mol. The molecule has 0 spiro atoms. The molecule has 2 amide bonds. The number of hydrazone groups is 1. The van der Waals surface area contributed by atoms with E-state index in [0.29, 0.717) is 11.4 Å². The van der Waals surface area contributed by atoms with Crippen molar-refractivity contribution in [2.24, 2.45) is 5.10 Å². The molecule has 3 rings (SSSR count). The van der Waals surface area contributed by atoms with Crippen LogP contribution in [0.2, 0.25) is 0 Å². The zero-order chi connectivity index (χ0) is 18.4. The van der Waals surface area contributed by atoms with Crippen LogP contribution < -0.4 is 15.5 Å². The van der Waals surface area contributed by atoms with E-state index in [1.165, 1.54) is 6.21 Å². The van der Waals surface area contributed by atoms with Gasteiger partial charge in [-0.15, -0.1) is 0 Å². The summed E-state index contributed by atoms with van der Waals surface area (Å²) in [5.41, 5.74) is 3.57. The van der Waals surface area contributed by atoms with Crippen LogP contribution in [0, 0.1) is 0 Å². The summed E-state index contributed by atoms with van der Waals surface area (Å²) < 4.78 is 5.04. The summed E-state index contributed by atoms with van der Waals surface area (Å²) in [6, 6.07) is 20.3. The van der Waals surface area contributed by atoms with Crippen molar-refractivity contribution in [3.05, 3.63) is 72.3 Å². The number of carbonyl (C=O) groups is 2. The van der Waals surface area contributed by atoms with Crippen molar-refractivity contribution in [3.8, 4) is 5.75 Å². The maximum absolute atomic E-state index is 11.9. The molecule has 0 atom stereocenters. The molecule has 0 heterocycles. The third-order valence-corrected chi connectivity index (χ3v) is 3.75. The second-order valence-corrected chi connectivity index (χ2v) is 5.45. The second-order valence-electron chi connectivity index (χ2n) is 5.45. The number of nitrogens with one attached hydrogen (secondary N) is 2. The number of fused-ring (bicyclic) bond motifs is 1. The van der Waals surface area contributed by atoms with Crippen LogP contribution in [-0.4, -0.2) is 25.1 Å². The van der Waals surface area contributed by atoms with Crippen LogP contribution >= 0.6 is 0 Å². The fourth-order valence-electron chi connectivity index (χ4n) is 2.44. The van der Waals surface area contributed by atoms with E-state index in [1.807, 2.05) is 42.5 Å². The minimum Gasteiger partial charge on any atom is -0.497 e. The molecule has 0 unspecified atom stereocenters. The fraction of sp³-hybridized carbons (Fsp3) is 0.0500. The topological polar surface area (TPSA) is 79.8 Å². The molecule has 130 valence electrons. The minimum atomic E-state index is -0.850. The van der Waals surface area contributed by atoms with Crippen molar-refractivity contribution < 1.29 is 14.3 Å². The van der Waals surface area contributed by atoms with Gasteiger partial charge in [0.15, 0.2) is 0 Å². The zero-order valence-corrected chi connectivity index (χ0v) is 14.1. The Morgan fingerprint density at radius 1 is 0.923 bits per heavy atom. The largest absolute Gasteiger partial charge is 0.497 e. The quantitative estimate of drug-likeness (QED) is 0.433. The lowest BCUT2D eigenvalue weighted by molar-refractivity contribution is -0.136. The number of anilines is 1. The van der Waals surface area contributed by atoms with Crippen LogP contribution in [0.3, 0.4) is 0 Å². The molecule has 0 aliphatic carbocycles. The van der Waals surface area contributed by atoms with Crippen molar-refractivity contribution in [1.29, 1.82) is 0 Å². The minimum absolute atomic E-state index is 0.490. The molecule has 0 bridgehead atoms. The highest BCUT2D eigenvalue weighted by Crippen LogP contribution is 2.17. The second kappa shape index (κ2) is 7.94. The lowest BCUT2D eigenvalue weighted by atomic mass is 10.1. The molecule has 0 aliphatic rings. The van der Waals surface area contributed by atoms with Gasteiger partial charge in [0.1, 0.15) is 5.75 Å². The zero-order valence-electron chi connectivity index (χ0n) is 14.1. The monoisotopic (exact) mass is 347 g/mol. The smallest absolute Gasteiger partial charge is 0.329 e. The van der Waals surface area contributed by atoms with Gasteiger partial charge in [-0.05, 0) is 35.0 Å². The number of hydrogen-bond acceptors (Lipinski definition) is 4. The van der Waals surface area contributed by atoms with E-state index in [9.17, 15) is 9.59 Å². The van der Waals surface area contributed by atoms with Crippen molar-refractivity contribution >= 4 is 34.5 Å². The van der Waals surface area contributed by atoms with Crippen molar-refractivity contribution in [2.75, 3.05) is 12.4 Å². The Bertz CT molecular complexity index is 960. The average Bonchev–Trinajstić information content (AvgIpc) is 2.68. The van der Waals surface area contributed by atoms with Gasteiger partial charge in [-0.1, -0.05) is 42.5 Å². The van der Waals surface area contributed by atoms with Gasteiger partial charge in [0.05, 0.1) is 13.3 Å². The summed E-state index contributed by atoms with van der Waals surface area (Å²) >= 11 is 0. The molecular formula is C20H17N3O3. The van der Waals surface area contributed by atoms with E-state index in [1.54, 1.807) is 31.4 Å². The highest BCUT2D eigenvalue weighted by atomic mass is 16.5. The number of methoxy groups -OCH3 is 1. The maximum atomic E-state index is 11.9. The number of ether oxygens (including phenoxy) is 1. The summed E-state index contributed by atoms with van der Waals surface area (Å²) in [5, 5.41) is 8.45. The fourth-order valence-corrected chi connectivity index (χ4v) is 2.44. The highest BCUT2D eigenvalue weighted by molar-refractivity contribution is 6.39. The number of amides is 2. The summed E-state index contributed by atoms with van der Waals surface area (Å²) in [4.78, 5) is 23.8. The molecule has 6 heteroatoms. The summed E-state index contributed by atoms with van der Waals surface area (Å²) in [7, 11) is 1.55. The Balaban J connectivity index is 1.62. The lowest BCUT2D eigenvalue weighted by Gasteiger charge is -2.05. The van der Waals surface area contributed by atoms with Gasteiger partial charge in [-0.2, -0.15) is 5.10 Å². The molecule has 3 aromatic rings. The van der Waals surface area contributed by atoms with E-state index < -0.39 is 11.8 Å². The summed E-state index contributed by atoms with van der Waals surface area (Å²) in [6.07, 6.45) is 1.51. The Hall–Kier alpha value is -3.67. The first-order valence-corrected chi connectivity index (χ1v) is 7.93. The van der Waals surface area contributed by atoms with Gasteiger partial charge in [0.2, 0.25) is 0 Å². The molecule has 0 saturated carbocycles. The SMILES string of the molecule is COc1ccc(NC(=O)C(=O)N/N=C\c2cccc3ccccc23)cc1. The third kappa shape index (κ3) is 4.05. The Morgan fingerprint density at radius 2 is 1.65 bits per heavy atom. The van der Waals surface area contributed by atoms with Gasteiger partial charge in [-0.3, -0.25) is 9.59 Å². The molecule has 0 aromatic heterocycles. The molecule has 26 heavy (non-hydrogen) atoms. The molecule has 0 saturated heterocycles. The van der Waals surface area contributed by atoms with E-state index >= 15 is 0 Å². The third-order valence-electron chi connectivity index (χ3n) is 3.75. The van der Waals surface area contributed by atoms with Crippen LogP contribution in [0.4, 0.5) is 5.69 Å². The van der Waals surface area contributed by atoms with E-state index in [0.717, 1.165) is 16.3 Å². The van der Waals surface area contributed by atoms with Crippen LogP contribution in [0.25, 0.3) is 10.8 Å².